The van der Waals surface area contributed by atoms with Crippen LogP contribution in [-0.2, 0) is 0 Å². The standard InChI is InChI=1S/C13H15ClO2/c1-7(2)12(15)11-6-9-5-10(14)4-8(3)13(9)16-11/h4-7,12,15H,1-3H3. The smallest absolute Gasteiger partial charge is 0.137 e. The van der Waals surface area contributed by atoms with Gasteiger partial charge in [0.1, 0.15) is 17.4 Å². The minimum Gasteiger partial charge on any atom is -0.458 e. The van der Waals surface area contributed by atoms with Crippen molar-refractivity contribution >= 4 is 22.6 Å². The van der Waals surface area contributed by atoms with E-state index in [1.165, 1.54) is 0 Å². The van der Waals surface area contributed by atoms with Gasteiger partial charge in [0.25, 0.3) is 0 Å². The molecule has 0 saturated carbocycles. The minimum atomic E-state index is -0.564. The summed E-state index contributed by atoms with van der Waals surface area (Å²) in [4.78, 5) is 0. The van der Waals surface area contributed by atoms with Gasteiger partial charge in [-0.1, -0.05) is 25.4 Å². The second kappa shape index (κ2) is 4.11. The summed E-state index contributed by atoms with van der Waals surface area (Å²) in [6.07, 6.45) is -0.564. The molecule has 0 aliphatic rings. The lowest BCUT2D eigenvalue weighted by atomic mass is 10.1. The topological polar surface area (TPSA) is 33.4 Å². The maximum atomic E-state index is 9.93. The fourth-order valence-electron chi connectivity index (χ4n) is 1.78. The molecule has 0 radical (unpaired) electrons. The van der Waals surface area contributed by atoms with Crippen LogP contribution < -0.4 is 0 Å². The Bertz CT molecular complexity index is 514. The van der Waals surface area contributed by atoms with Crippen LogP contribution in [0.25, 0.3) is 11.0 Å². The van der Waals surface area contributed by atoms with Gasteiger partial charge in [0.2, 0.25) is 0 Å². The Kier molecular flexibility index (Phi) is 2.96. The summed E-state index contributed by atoms with van der Waals surface area (Å²) >= 11 is 5.97. The first-order valence-electron chi connectivity index (χ1n) is 5.36. The van der Waals surface area contributed by atoms with Crippen molar-refractivity contribution in [3.8, 4) is 0 Å². The first-order valence-corrected chi connectivity index (χ1v) is 5.74. The summed E-state index contributed by atoms with van der Waals surface area (Å²) in [5.41, 5.74) is 1.80. The van der Waals surface area contributed by atoms with Gasteiger partial charge in [0, 0.05) is 10.4 Å². The van der Waals surface area contributed by atoms with E-state index in [0.717, 1.165) is 16.5 Å². The lowest BCUT2D eigenvalue weighted by Crippen LogP contribution is -2.03. The third-order valence-corrected chi connectivity index (χ3v) is 2.93. The predicted octanol–water partition coefficient (Wildman–Crippen LogP) is 4.08. The van der Waals surface area contributed by atoms with Crippen molar-refractivity contribution in [2.75, 3.05) is 0 Å². The highest BCUT2D eigenvalue weighted by Crippen LogP contribution is 2.31. The van der Waals surface area contributed by atoms with Crippen LogP contribution in [0.5, 0.6) is 0 Å². The van der Waals surface area contributed by atoms with Gasteiger partial charge >= 0.3 is 0 Å². The number of rotatable bonds is 2. The van der Waals surface area contributed by atoms with Crippen LogP contribution in [0.15, 0.2) is 22.6 Å². The second-order valence-corrected chi connectivity index (χ2v) is 4.92. The Hall–Kier alpha value is -0.990. The molecule has 2 aromatic rings. The molecule has 3 heteroatoms. The monoisotopic (exact) mass is 238 g/mol. The van der Waals surface area contributed by atoms with Gasteiger partial charge in [-0.15, -0.1) is 0 Å². The number of furan rings is 1. The summed E-state index contributed by atoms with van der Waals surface area (Å²) in [6.45, 7) is 5.86. The van der Waals surface area contributed by atoms with E-state index in [4.69, 9.17) is 16.0 Å². The molecule has 1 aromatic carbocycles. The molecule has 0 aliphatic carbocycles. The van der Waals surface area contributed by atoms with E-state index in [0.29, 0.717) is 10.8 Å². The Balaban J connectivity index is 2.56. The maximum Gasteiger partial charge on any atom is 0.137 e. The molecule has 16 heavy (non-hydrogen) atoms. The molecule has 1 aromatic heterocycles. The predicted molar refractivity (Wildman–Crippen MR) is 65.8 cm³/mol. The summed E-state index contributed by atoms with van der Waals surface area (Å²) in [7, 11) is 0. The zero-order valence-corrected chi connectivity index (χ0v) is 10.4. The van der Waals surface area contributed by atoms with Gasteiger partial charge in [-0.3, -0.25) is 0 Å². The van der Waals surface area contributed by atoms with E-state index in [9.17, 15) is 5.11 Å². The highest BCUT2D eigenvalue weighted by atomic mass is 35.5. The van der Waals surface area contributed by atoms with Crippen molar-refractivity contribution in [3.05, 3.63) is 34.5 Å². The Morgan fingerprint density at radius 2 is 1.94 bits per heavy atom. The number of hydrogen-bond donors (Lipinski definition) is 1. The van der Waals surface area contributed by atoms with Crippen molar-refractivity contribution in [1.29, 1.82) is 0 Å². The molecule has 0 amide bonds. The first-order chi connectivity index (χ1) is 7.49. The molecule has 1 atom stereocenters. The molecule has 0 aliphatic heterocycles. The molecule has 0 spiro atoms. The van der Waals surface area contributed by atoms with Crippen LogP contribution in [-0.4, -0.2) is 5.11 Å². The van der Waals surface area contributed by atoms with Gasteiger partial charge < -0.3 is 9.52 Å². The number of hydrogen-bond acceptors (Lipinski definition) is 2. The molecule has 86 valence electrons. The summed E-state index contributed by atoms with van der Waals surface area (Å²) in [5, 5.41) is 11.6. The largest absolute Gasteiger partial charge is 0.458 e. The van der Waals surface area contributed by atoms with Gasteiger partial charge in [0.05, 0.1) is 0 Å². The van der Waals surface area contributed by atoms with Crippen molar-refractivity contribution in [2.24, 2.45) is 5.92 Å². The molecule has 1 heterocycles. The fourth-order valence-corrected chi connectivity index (χ4v) is 2.06. The molecule has 0 saturated heterocycles. The molecule has 0 fully saturated rings. The second-order valence-electron chi connectivity index (χ2n) is 4.48. The first kappa shape index (κ1) is 11.5. The van der Waals surface area contributed by atoms with Crippen molar-refractivity contribution in [1.82, 2.24) is 0 Å². The lowest BCUT2D eigenvalue weighted by molar-refractivity contribution is 0.104. The molecular formula is C13H15ClO2. The third-order valence-electron chi connectivity index (χ3n) is 2.71. The van der Waals surface area contributed by atoms with Crippen molar-refractivity contribution in [3.63, 3.8) is 0 Å². The average molecular weight is 239 g/mol. The number of aryl methyl sites for hydroxylation is 1. The zero-order valence-electron chi connectivity index (χ0n) is 9.62. The number of aliphatic hydroxyl groups excluding tert-OH is 1. The summed E-state index contributed by atoms with van der Waals surface area (Å²) in [5.74, 6) is 0.742. The highest BCUT2D eigenvalue weighted by molar-refractivity contribution is 6.31. The van der Waals surface area contributed by atoms with Gasteiger partial charge in [-0.05, 0) is 36.6 Å². The zero-order chi connectivity index (χ0) is 11.9. The van der Waals surface area contributed by atoms with Crippen LogP contribution in [0.3, 0.4) is 0 Å². The normalized spacial score (nSPS) is 13.6. The van der Waals surface area contributed by atoms with E-state index in [1.54, 1.807) is 0 Å². The van der Waals surface area contributed by atoms with Crippen LogP contribution >= 0.6 is 11.6 Å². The van der Waals surface area contributed by atoms with E-state index in [2.05, 4.69) is 0 Å². The average Bonchev–Trinajstić information content (AvgIpc) is 2.60. The molecule has 2 nitrogen and oxygen atoms in total. The Morgan fingerprint density at radius 3 is 2.56 bits per heavy atom. The number of halogens is 1. The molecular weight excluding hydrogens is 224 g/mol. The quantitative estimate of drug-likeness (QED) is 0.855. The van der Waals surface area contributed by atoms with Crippen LogP contribution in [0, 0.1) is 12.8 Å². The van der Waals surface area contributed by atoms with Crippen LogP contribution in [0.4, 0.5) is 0 Å². The molecule has 0 bridgehead atoms. The van der Waals surface area contributed by atoms with Gasteiger partial charge in [-0.2, -0.15) is 0 Å². The number of fused-ring (bicyclic) bond motifs is 1. The molecule has 2 rings (SSSR count). The highest BCUT2D eigenvalue weighted by Gasteiger charge is 2.17. The lowest BCUT2D eigenvalue weighted by Gasteiger charge is -2.10. The number of benzene rings is 1. The fraction of sp³-hybridized carbons (Fsp3) is 0.385. The van der Waals surface area contributed by atoms with E-state index < -0.39 is 6.10 Å². The van der Waals surface area contributed by atoms with E-state index in [1.807, 2.05) is 39.0 Å². The van der Waals surface area contributed by atoms with E-state index >= 15 is 0 Å². The van der Waals surface area contributed by atoms with Crippen LogP contribution in [0.2, 0.25) is 5.02 Å². The third kappa shape index (κ3) is 1.95. The Labute approximate surface area is 99.8 Å². The van der Waals surface area contributed by atoms with Crippen molar-refractivity contribution in [2.45, 2.75) is 26.9 Å². The van der Waals surface area contributed by atoms with Gasteiger partial charge in [0.15, 0.2) is 0 Å². The minimum absolute atomic E-state index is 0.136. The molecule has 1 unspecified atom stereocenters. The van der Waals surface area contributed by atoms with Crippen molar-refractivity contribution < 1.29 is 9.52 Å². The van der Waals surface area contributed by atoms with Gasteiger partial charge in [-0.25, -0.2) is 0 Å². The maximum absolute atomic E-state index is 9.93. The number of aliphatic hydroxyl groups is 1. The molecule has 1 N–H and O–H groups in total. The summed E-state index contributed by atoms with van der Waals surface area (Å²) < 4.78 is 5.67. The SMILES string of the molecule is Cc1cc(Cl)cc2cc(C(O)C(C)C)oc12. The Morgan fingerprint density at radius 1 is 1.25 bits per heavy atom. The van der Waals surface area contributed by atoms with Crippen LogP contribution in [0.1, 0.15) is 31.3 Å². The van der Waals surface area contributed by atoms with E-state index in [-0.39, 0.29) is 5.92 Å². The summed E-state index contributed by atoms with van der Waals surface area (Å²) in [6, 6.07) is 5.57.